The minimum atomic E-state index is -3.08. The van der Waals surface area contributed by atoms with Gasteiger partial charge in [0.05, 0.1) is 30.5 Å². The zero-order valence-electron chi connectivity index (χ0n) is 20.2. The smallest absolute Gasteiger partial charge is 0.348 e. The number of nitrogens with one attached hydrogen (secondary N) is 1. The van der Waals surface area contributed by atoms with Crippen LogP contribution in [-0.4, -0.2) is 63.1 Å². The Labute approximate surface area is 205 Å². The van der Waals surface area contributed by atoms with E-state index in [0.29, 0.717) is 5.69 Å². The number of benzene rings is 1. The quantitative estimate of drug-likeness (QED) is 0.436. The first-order valence-electron chi connectivity index (χ1n) is 10.5. The molecular weight excluding hydrogens is 478 g/mol. The third-order valence-corrected chi connectivity index (χ3v) is 4.38. The molecule has 13 heteroatoms. The molecule has 0 unspecified atom stereocenters. The summed E-state index contributed by atoms with van der Waals surface area (Å²) in [5.41, 5.74) is 0.833. The Morgan fingerprint density at radius 1 is 0.972 bits per heavy atom. The van der Waals surface area contributed by atoms with E-state index in [1.54, 1.807) is 21.0 Å². The largest absolute Gasteiger partial charge is 0.463 e. The van der Waals surface area contributed by atoms with Gasteiger partial charge in [-0.2, -0.15) is 8.78 Å². The Morgan fingerprint density at radius 3 is 2.28 bits per heavy atom. The Hall–Kier alpha value is -4.26. The van der Waals surface area contributed by atoms with E-state index in [4.69, 9.17) is 9.47 Å². The lowest BCUT2D eigenvalue weighted by Gasteiger charge is -2.26. The molecule has 0 bridgehead atoms. The van der Waals surface area contributed by atoms with E-state index in [-0.39, 0.29) is 40.4 Å². The van der Waals surface area contributed by atoms with Crippen molar-refractivity contribution in [2.45, 2.75) is 33.2 Å². The molecule has 36 heavy (non-hydrogen) atoms. The maximum atomic E-state index is 12.9. The monoisotopic (exact) mass is 502 g/mol. The fourth-order valence-corrected chi connectivity index (χ4v) is 2.82. The van der Waals surface area contributed by atoms with Crippen molar-refractivity contribution in [2.75, 3.05) is 19.4 Å². The summed E-state index contributed by atoms with van der Waals surface area (Å²) in [6.45, 7) is 1.25. The first kappa shape index (κ1) is 26.3. The number of alkyl halides is 2. The first-order valence-corrected chi connectivity index (χ1v) is 10.5. The lowest BCUT2D eigenvalue weighted by Crippen LogP contribution is -2.34. The van der Waals surface area contributed by atoms with Gasteiger partial charge in [0.2, 0.25) is 11.7 Å². The highest BCUT2D eigenvalue weighted by Crippen LogP contribution is 2.30. The summed E-state index contributed by atoms with van der Waals surface area (Å²) in [5.74, 6) is -2.35. The lowest BCUT2D eigenvalue weighted by atomic mass is 10.2. The molecule has 190 valence electrons. The first-order chi connectivity index (χ1) is 16.9. The SMILES string of the molecule is Cc1cnc(NC(=O)c2cc(Oc3cnc(C(=O)N(C)C)cn3)cc(OC(C)(C)OC(F)F)c2)cn1. The van der Waals surface area contributed by atoms with Crippen LogP contribution in [0.5, 0.6) is 17.4 Å². The van der Waals surface area contributed by atoms with Gasteiger partial charge in [-0.1, -0.05) is 0 Å². The van der Waals surface area contributed by atoms with Gasteiger partial charge >= 0.3 is 6.61 Å². The number of nitrogens with zero attached hydrogens (tertiary/aromatic N) is 5. The van der Waals surface area contributed by atoms with Gasteiger partial charge in [-0.3, -0.25) is 19.3 Å². The Kier molecular flexibility index (Phi) is 8.04. The second kappa shape index (κ2) is 11.0. The Morgan fingerprint density at radius 2 is 1.69 bits per heavy atom. The fraction of sp³-hybridized carbons (Fsp3) is 0.304. The predicted molar refractivity (Wildman–Crippen MR) is 123 cm³/mol. The maximum Gasteiger partial charge on any atom is 0.348 e. The standard InChI is InChI=1S/C23H24F2N6O5/c1-13-9-28-18(11-26-13)30-20(32)14-6-15(8-16(7-14)35-23(2,3)36-22(24)25)34-19-12-27-17(10-29-19)21(33)31(4)5/h6-12,22H,1-5H3,(H,28,30,32). The number of hydrogen-bond acceptors (Lipinski definition) is 9. The molecule has 0 saturated heterocycles. The van der Waals surface area contributed by atoms with Gasteiger partial charge in [0, 0.05) is 39.6 Å². The third kappa shape index (κ3) is 7.37. The fourth-order valence-electron chi connectivity index (χ4n) is 2.82. The van der Waals surface area contributed by atoms with Crippen molar-refractivity contribution in [3.63, 3.8) is 0 Å². The van der Waals surface area contributed by atoms with Crippen LogP contribution in [0, 0.1) is 6.92 Å². The molecule has 0 aliphatic rings. The van der Waals surface area contributed by atoms with E-state index in [1.165, 1.54) is 61.7 Å². The highest BCUT2D eigenvalue weighted by molar-refractivity contribution is 6.04. The third-order valence-electron chi connectivity index (χ3n) is 4.38. The summed E-state index contributed by atoms with van der Waals surface area (Å²) >= 11 is 0. The molecule has 0 radical (unpaired) electrons. The van der Waals surface area contributed by atoms with Crippen LogP contribution in [-0.2, 0) is 4.74 Å². The Balaban J connectivity index is 1.89. The number of rotatable bonds is 9. The number of aryl methyl sites for hydroxylation is 1. The highest BCUT2D eigenvalue weighted by atomic mass is 19.3. The van der Waals surface area contributed by atoms with Crippen molar-refractivity contribution in [3.8, 4) is 17.4 Å². The Bertz CT molecular complexity index is 1220. The molecule has 2 aromatic heterocycles. The summed E-state index contributed by atoms with van der Waals surface area (Å²) in [6, 6.07) is 4.07. The highest BCUT2D eigenvalue weighted by Gasteiger charge is 2.26. The van der Waals surface area contributed by atoms with Crippen molar-refractivity contribution >= 4 is 17.6 Å². The van der Waals surface area contributed by atoms with Gasteiger partial charge in [-0.25, -0.2) is 15.0 Å². The minimum absolute atomic E-state index is 0.00524. The molecule has 0 atom stereocenters. The van der Waals surface area contributed by atoms with Crippen molar-refractivity contribution in [1.82, 2.24) is 24.8 Å². The predicted octanol–water partition coefficient (Wildman–Crippen LogP) is 3.68. The molecule has 0 aliphatic carbocycles. The van der Waals surface area contributed by atoms with Crippen LogP contribution in [0.2, 0.25) is 0 Å². The van der Waals surface area contributed by atoms with Gasteiger partial charge in [-0.15, -0.1) is 0 Å². The topological polar surface area (TPSA) is 129 Å². The van der Waals surface area contributed by atoms with Crippen LogP contribution in [0.4, 0.5) is 14.6 Å². The molecule has 2 amide bonds. The lowest BCUT2D eigenvalue weighted by molar-refractivity contribution is -0.264. The zero-order chi connectivity index (χ0) is 26.5. The van der Waals surface area contributed by atoms with E-state index in [2.05, 4.69) is 30.0 Å². The molecular formula is C23H24F2N6O5. The summed E-state index contributed by atoms with van der Waals surface area (Å²) in [4.78, 5) is 42.4. The summed E-state index contributed by atoms with van der Waals surface area (Å²) < 4.78 is 41.3. The molecule has 3 rings (SSSR count). The van der Waals surface area contributed by atoms with Crippen LogP contribution < -0.4 is 14.8 Å². The number of amides is 2. The molecule has 0 aliphatic heterocycles. The average molecular weight is 502 g/mol. The van der Waals surface area contributed by atoms with Crippen LogP contribution in [0.3, 0.4) is 0 Å². The second-order valence-corrected chi connectivity index (χ2v) is 8.11. The van der Waals surface area contributed by atoms with Gasteiger partial charge in [0.1, 0.15) is 17.2 Å². The van der Waals surface area contributed by atoms with Crippen molar-refractivity contribution in [1.29, 1.82) is 0 Å². The van der Waals surface area contributed by atoms with E-state index >= 15 is 0 Å². The summed E-state index contributed by atoms with van der Waals surface area (Å²) in [7, 11) is 3.15. The van der Waals surface area contributed by atoms with Gasteiger partial charge in [-0.05, 0) is 19.1 Å². The van der Waals surface area contributed by atoms with E-state index in [1.807, 2.05) is 0 Å². The molecule has 0 saturated carbocycles. The van der Waals surface area contributed by atoms with Crippen LogP contribution in [0.15, 0.2) is 43.0 Å². The molecule has 1 N–H and O–H groups in total. The number of aromatic nitrogens is 4. The maximum absolute atomic E-state index is 12.9. The van der Waals surface area contributed by atoms with E-state index in [0.717, 1.165) is 0 Å². The average Bonchev–Trinajstić information content (AvgIpc) is 2.79. The second-order valence-electron chi connectivity index (χ2n) is 8.11. The van der Waals surface area contributed by atoms with Crippen molar-refractivity contribution < 1.29 is 32.6 Å². The van der Waals surface area contributed by atoms with Gasteiger partial charge in [0.25, 0.3) is 11.8 Å². The molecule has 11 nitrogen and oxygen atoms in total. The van der Waals surface area contributed by atoms with Crippen LogP contribution >= 0.6 is 0 Å². The van der Waals surface area contributed by atoms with Crippen LogP contribution in [0.1, 0.15) is 40.4 Å². The number of carbonyl (C=O) groups excluding carboxylic acids is 2. The van der Waals surface area contributed by atoms with E-state index in [9.17, 15) is 18.4 Å². The summed E-state index contributed by atoms with van der Waals surface area (Å²) in [6.07, 6.45) is 5.34. The molecule has 1 aromatic carbocycles. The number of ether oxygens (including phenoxy) is 3. The molecule has 3 aromatic rings. The zero-order valence-corrected chi connectivity index (χ0v) is 20.2. The number of hydrogen-bond donors (Lipinski definition) is 1. The van der Waals surface area contributed by atoms with Gasteiger partial charge < -0.3 is 19.7 Å². The molecule has 2 heterocycles. The molecule has 0 spiro atoms. The van der Waals surface area contributed by atoms with Crippen molar-refractivity contribution in [2.24, 2.45) is 0 Å². The normalized spacial score (nSPS) is 11.2. The number of carbonyl (C=O) groups is 2. The van der Waals surface area contributed by atoms with Crippen LogP contribution in [0.25, 0.3) is 0 Å². The minimum Gasteiger partial charge on any atom is -0.463 e. The van der Waals surface area contributed by atoms with Crippen molar-refractivity contribution in [3.05, 3.63) is 59.9 Å². The van der Waals surface area contributed by atoms with Gasteiger partial charge in [0.15, 0.2) is 5.82 Å². The number of halogens is 2. The molecule has 0 fully saturated rings. The van der Waals surface area contributed by atoms with E-state index < -0.39 is 18.3 Å². The summed E-state index contributed by atoms with van der Waals surface area (Å²) in [5, 5.41) is 2.58. The number of anilines is 1.